The number of hydrogen-bond donors (Lipinski definition) is 1. The lowest BCUT2D eigenvalue weighted by Crippen LogP contribution is -2.10. The van der Waals surface area contributed by atoms with Crippen LogP contribution in [-0.4, -0.2) is 10.8 Å². The highest BCUT2D eigenvalue weighted by molar-refractivity contribution is 6.04. The number of hydrogen-bond acceptors (Lipinski definition) is 1. The second-order valence-corrected chi connectivity index (χ2v) is 9.24. The number of H-pyrrole nitrogens is 1. The quantitative estimate of drug-likeness (QED) is 0.189. The minimum absolute atomic E-state index is 0.0830. The third kappa shape index (κ3) is 5.40. The number of carbonyl (C=O) groups is 1. The van der Waals surface area contributed by atoms with Gasteiger partial charge >= 0.3 is 6.18 Å². The number of para-hydroxylation sites is 1. The number of ketones is 1. The van der Waals surface area contributed by atoms with Crippen LogP contribution in [0.2, 0.25) is 0 Å². The van der Waals surface area contributed by atoms with Gasteiger partial charge < -0.3 is 4.98 Å². The third-order valence-electron chi connectivity index (χ3n) is 6.48. The van der Waals surface area contributed by atoms with E-state index < -0.39 is 17.7 Å². The van der Waals surface area contributed by atoms with Crippen molar-refractivity contribution in [2.75, 3.05) is 0 Å². The maximum absolute atomic E-state index is 13.6. The second-order valence-electron chi connectivity index (χ2n) is 9.24. The summed E-state index contributed by atoms with van der Waals surface area (Å²) in [6, 6.07) is 30.0. The van der Waals surface area contributed by atoms with Crippen LogP contribution in [0.1, 0.15) is 49.8 Å². The zero-order valence-corrected chi connectivity index (χ0v) is 20.6. The zero-order valence-electron chi connectivity index (χ0n) is 20.6. The van der Waals surface area contributed by atoms with E-state index in [-0.39, 0.29) is 17.8 Å². The Hall–Kier alpha value is -4.56. The first kappa shape index (κ1) is 25.1. The number of Topliss-reactive ketones (excluding diaryl/α,β-unsaturated/α-hetero) is 1. The number of benzene rings is 4. The molecule has 0 fully saturated rings. The average molecular weight is 508 g/mol. The number of aryl methyl sites for hydroxylation is 1. The highest BCUT2D eigenvalue weighted by atomic mass is 19.4. The molecule has 0 aliphatic carbocycles. The fraction of sp³-hybridized carbons (Fsp3) is 0.121. The fourth-order valence-corrected chi connectivity index (χ4v) is 4.56. The molecule has 38 heavy (non-hydrogen) atoms. The van der Waals surface area contributed by atoms with Gasteiger partial charge in [0.15, 0.2) is 5.78 Å². The van der Waals surface area contributed by atoms with Crippen molar-refractivity contribution in [3.63, 3.8) is 0 Å². The minimum Gasteiger partial charge on any atom is -0.352 e. The largest absolute Gasteiger partial charge is 0.416 e. The van der Waals surface area contributed by atoms with E-state index in [1.807, 2.05) is 85.8 Å². The molecule has 2 nitrogen and oxygen atoms in total. The number of rotatable bonds is 5. The molecule has 0 saturated carbocycles. The van der Waals surface area contributed by atoms with E-state index in [1.165, 1.54) is 6.07 Å². The predicted molar refractivity (Wildman–Crippen MR) is 144 cm³/mol. The molecule has 0 aliphatic heterocycles. The van der Waals surface area contributed by atoms with Gasteiger partial charge in [0.05, 0.1) is 17.2 Å². The SMILES string of the molecule is Cc1ccc(C(C#Cc2cccc(C(F)(F)F)c2)c2c(C(=O)Cc3ccccc3)[nH]c3ccccc23)cc1. The van der Waals surface area contributed by atoms with Crippen LogP contribution in [-0.2, 0) is 12.6 Å². The van der Waals surface area contributed by atoms with Gasteiger partial charge in [-0.2, -0.15) is 13.2 Å². The minimum atomic E-state index is -4.46. The van der Waals surface area contributed by atoms with Crippen molar-refractivity contribution < 1.29 is 18.0 Å². The van der Waals surface area contributed by atoms with Crippen molar-refractivity contribution in [2.45, 2.75) is 25.4 Å². The number of carbonyl (C=O) groups excluding carboxylic acids is 1. The molecule has 0 amide bonds. The van der Waals surface area contributed by atoms with Crippen LogP contribution in [0.3, 0.4) is 0 Å². The first-order valence-electron chi connectivity index (χ1n) is 12.2. The van der Waals surface area contributed by atoms with Crippen LogP contribution in [0.5, 0.6) is 0 Å². The smallest absolute Gasteiger partial charge is 0.352 e. The second kappa shape index (κ2) is 10.4. The summed E-state index contributed by atoms with van der Waals surface area (Å²) in [5, 5.41) is 0.854. The Morgan fingerprint density at radius 2 is 1.58 bits per heavy atom. The summed E-state index contributed by atoms with van der Waals surface area (Å²) in [7, 11) is 0. The summed E-state index contributed by atoms with van der Waals surface area (Å²) < 4.78 is 39.9. The summed E-state index contributed by atoms with van der Waals surface area (Å²) >= 11 is 0. The van der Waals surface area contributed by atoms with Gasteiger partial charge in [-0.15, -0.1) is 0 Å². The molecule has 0 bridgehead atoms. The highest BCUT2D eigenvalue weighted by Gasteiger charge is 2.30. The number of fused-ring (bicyclic) bond motifs is 1. The molecule has 1 N–H and O–H groups in total. The fourth-order valence-electron chi connectivity index (χ4n) is 4.56. The van der Waals surface area contributed by atoms with Crippen molar-refractivity contribution in [1.82, 2.24) is 4.98 Å². The van der Waals surface area contributed by atoms with Crippen molar-refractivity contribution in [2.24, 2.45) is 0 Å². The van der Waals surface area contributed by atoms with Crippen LogP contribution < -0.4 is 0 Å². The normalized spacial score (nSPS) is 12.1. The lowest BCUT2D eigenvalue weighted by molar-refractivity contribution is -0.137. The molecule has 5 heteroatoms. The molecule has 4 aromatic carbocycles. The number of aromatic nitrogens is 1. The van der Waals surface area contributed by atoms with Crippen LogP contribution in [0.15, 0.2) is 103 Å². The molecule has 0 aliphatic rings. The molecule has 0 radical (unpaired) electrons. The van der Waals surface area contributed by atoms with Crippen molar-refractivity contribution in [3.8, 4) is 11.8 Å². The van der Waals surface area contributed by atoms with Crippen molar-refractivity contribution >= 4 is 16.7 Å². The Kier molecular flexibility index (Phi) is 6.89. The maximum Gasteiger partial charge on any atom is 0.416 e. The van der Waals surface area contributed by atoms with E-state index in [0.29, 0.717) is 5.69 Å². The molecule has 188 valence electrons. The van der Waals surface area contributed by atoms with Gasteiger partial charge in [0.25, 0.3) is 0 Å². The molecular weight excluding hydrogens is 483 g/mol. The van der Waals surface area contributed by atoms with Crippen LogP contribution in [0.25, 0.3) is 10.9 Å². The van der Waals surface area contributed by atoms with Gasteiger partial charge in [0.1, 0.15) is 0 Å². The average Bonchev–Trinajstić information content (AvgIpc) is 3.30. The third-order valence-corrected chi connectivity index (χ3v) is 6.48. The lowest BCUT2D eigenvalue weighted by atomic mass is 9.87. The van der Waals surface area contributed by atoms with E-state index in [0.717, 1.165) is 45.3 Å². The Morgan fingerprint density at radius 3 is 2.32 bits per heavy atom. The summed E-state index contributed by atoms with van der Waals surface area (Å²) in [6.45, 7) is 1.98. The first-order valence-corrected chi connectivity index (χ1v) is 12.2. The van der Waals surface area contributed by atoms with Gasteiger partial charge in [-0.3, -0.25) is 4.79 Å². The number of alkyl halides is 3. The van der Waals surface area contributed by atoms with E-state index in [2.05, 4.69) is 16.8 Å². The van der Waals surface area contributed by atoms with Crippen LogP contribution >= 0.6 is 0 Å². The Labute approximate surface area is 219 Å². The van der Waals surface area contributed by atoms with Gasteiger partial charge in [-0.1, -0.05) is 96.3 Å². The number of nitrogens with one attached hydrogen (secondary N) is 1. The monoisotopic (exact) mass is 507 g/mol. The molecular formula is C33H24F3NO. The Bertz CT molecular complexity index is 1650. The van der Waals surface area contributed by atoms with Gasteiger partial charge in [0, 0.05) is 28.5 Å². The molecule has 1 atom stereocenters. The van der Waals surface area contributed by atoms with E-state index >= 15 is 0 Å². The molecule has 5 rings (SSSR count). The number of halogens is 3. The van der Waals surface area contributed by atoms with E-state index in [1.54, 1.807) is 6.07 Å². The zero-order chi connectivity index (χ0) is 26.7. The Morgan fingerprint density at radius 1 is 0.868 bits per heavy atom. The molecule has 5 aromatic rings. The molecule has 1 aromatic heterocycles. The molecule has 0 spiro atoms. The summed E-state index contributed by atoms with van der Waals surface area (Å²) in [4.78, 5) is 16.9. The predicted octanol–water partition coefficient (Wildman–Crippen LogP) is 8.10. The van der Waals surface area contributed by atoms with Gasteiger partial charge in [0.2, 0.25) is 0 Å². The maximum atomic E-state index is 13.6. The van der Waals surface area contributed by atoms with Crippen molar-refractivity contribution in [1.29, 1.82) is 0 Å². The lowest BCUT2D eigenvalue weighted by Gasteiger charge is -2.14. The van der Waals surface area contributed by atoms with Crippen molar-refractivity contribution in [3.05, 3.63) is 142 Å². The first-order chi connectivity index (χ1) is 18.3. The van der Waals surface area contributed by atoms with E-state index in [4.69, 9.17) is 0 Å². The van der Waals surface area contributed by atoms with Gasteiger partial charge in [-0.05, 0) is 42.3 Å². The van der Waals surface area contributed by atoms with Gasteiger partial charge in [-0.25, -0.2) is 0 Å². The summed E-state index contributed by atoms with van der Waals surface area (Å²) in [5.74, 6) is 5.55. The van der Waals surface area contributed by atoms with Crippen LogP contribution in [0.4, 0.5) is 13.2 Å². The topological polar surface area (TPSA) is 32.9 Å². The van der Waals surface area contributed by atoms with Crippen LogP contribution in [0, 0.1) is 18.8 Å². The molecule has 0 saturated heterocycles. The molecule has 1 heterocycles. The Balaban J connectivity index is 1.66. The molecule has 1 unspecified atom stereocenters. The summed E-state index contributed by atoms with van der Waals surface area (Å²) in [6.07, 6.45) is -4.25. The highest BCUT2D eigenvalue weighted by Crippen LogP contribution is 2.35. The van der Waals surface area contributed by atoms with E-state index in [9.17, 15) is 18.0 Å². The standard InChI is InChI=1S/C33H24F3NO/c1-22-14-17-25(18-15-22)27(19-16-24-10-7-11-26(20-24)33(34,35)36)31-28-12-5-6-13-29(28)37-32(31)30(38)21-23-8-3-2-4-9-23/h2-15,17-18,20,27,37H,21H2,1H3. The number of aromatic amines is 1. The summed E-state index contributed by atoms with van der Waals surface area (Å²) in [5.41, 5.74) is 4.31.